The van der Waals surface area contributed by atoms with Crippen LogP contribution in [0.15, 0.2) is 42.5 Å². The number of halogens is 1. The topological polar surface area (TPSA) is 35.8 Å². The summed E-state index contributed by atoms with van der Waals surface area (Å²) in [6.45, 7) is 3.86. The third-order valence-corrected chi connectivity index (χ3v) is 2.97. The second-order valence-corrected chi connectivity index (χ2v) is 4.62. The van der Waals surface area contributed by atoms with E-state index in [2.05, 4.69) is 11.4 Å². The van der Waals surface area contributed by atoms with Gasteiger partial charge in [-0.25, -0.2) is 4.39 Å². The van der Waals surface area contributed by atoms with E-state index in [0.29, 0.717) is 5.56 Å². The van der Waals surface area contributed by atoms with Gasteiger partial charge in [0.1, 0.15) is 5.82 Å². The maximum Gasteiger partial charge on any atom is 0.125 e. The van der Waals surface area contributed by atoms with Crippen molar-refractivity contribution in [2.45, 2.75) is 19.9 Å². The van der Waals surface area contributed by atoms with Gasteiger partial charge in [0.2, 0.25) is 0 Å². The first kappa shape index (κ1) is 13.1. The minimum absolute atomic E-state index is 0.0499. The van der Waals surface area contributed by atoms with Gasteiger partial charge < -0.3 is 5.32 Å². The highest BCUT2D eigenvalue weighted by molar-refractivity contribution is 5.48. The Bertz CT molecular complexity index is 591. The summed E-state index contributed by atoms with van der Waals surface area (Å²) in [5, 5.41) is 12.0. The molecule has 0 aliphatic rings. The first-order valence-electron chi connectivity index (χ1n) is 6.12. The molecule has 0 saturated carbocycles. The van der Waals surface area contributed by atoms with Crippen LogP contribution in [-0.4, -0.2) is 0 Å². The smallest absolute Gasteiger partial charge is 0.125 e. The summed E-state index contributed by atoms with van der Waals surface area (Å²) in [7, 11) is 0. The molecular weight excluding hydrogens is 239 g/mol. The maximum atomic E-state index is 13.3. The highest BCUT2D eigenvalue weighted by Crippen LogP contribution is 2.21. The zero-order chi connectivity index (χ0) is 13.8. The number of nitrogens with zero attached hydrogens (tertiary/aromatic N) is 1. The molecule has 19 heavy (non-hydrogen) atoms. The number of benzene rings is 2. The summed E-state index contributed by atoms with van der Waals surface area (Å²) < 4.78 is 13.3. The fourth-order valence-corrected chi connectivity index (χ4v) is 2.00. The highest BCUT2D eigenvalue weighted by Gasteiger charge is 2.06. The predicted octanol–water partition coefficient (Wildman–Crippen LogP) is 4.18. The fourth-order valence-electron chi connectivity index (χ4n) is 2.00. The Labute approximate surface area is 112 Å². The second-order valence-electron chi connectivity index (χ2n) is 4.62. The molecule has 0 saturated heterocycles. The van der Waals surface area contributed by atoms with Gasteiger partial charge in [-0.3, -0.25) is 0 Å². The largest absolute Gasteiger partial charge is 0.378 e. The van der Waals surface area contributed by atoms with Crippen LogP contribution >= 0.6 is 0 Å². The Kier molecular flexibility index (Phi) is 3.82. The van der Waals surface area contributed by atoms with Crippen molar-refractivity contribution in [2.75, 3.05) is 5.32 Å². The molecule has 2 aromatic rings. The highest BCUT2D eigenvalue weighted by atomic mass is 19.1. The van der Waals surface area contributed by atoms with Gasteiger partial charge in [-0.15, -0.1) is 0 Å². The van der Waals surface area contributed by atoms with Gasteiger partial charge >= 0.3 is 0 Å². The van der Waals surface area contributed by atoms with Gasteiger partial charge in [0, 0.05) is 11.7 Å². The number of hydrogen-bond donors (Lipinski definition) is 1. The zero-order valence-electron chi connectivity index (χ0n) is 10.9. The van der Waals surface area contributed by atoms with Crippen LogP contribution in [0, 0.1) is 24.1 Å². The summed E-state index contributed by atoms with van der Waals surface area (Å²) in [4.78, 5) is 0. The molecule has 0 bridgehead atoms. The summed E-state index contributed by atoms with van der Waals surface area (Å²) in [5.41, 5.74) is 3.34. The first-order valence-corrected chi connectivity index (χ1v) is 6.12. The van der Waals surface area contributed by atoms with E-state index >= 15 is 0 Å². The van der Waals surface area contributed by atoms with Crippen molar-refractivity contribution in [3.63, 3.8) is 0 Å². The van der Waals surface area contributed by atoms with Crippen LogP contribution in [0.1, 0.15) is 29.7 Å². The minimum atomic E-state index is -0.241. The molecule has 0 aliphatic carbocycles. The molecule has 0 amide bonds. The molecule has 0 aromatic heterocycles. The number of hydrogen-bond acceptors (Lipinski definition) is 2. The quantitative estimate of drug-likeness (QED) is 0.891. The Hall–Kier alpha value is -2.34. The molecular formula is C16H15FN2. The summed E-state index contributed by atoms with van der Waals surface area (Å²) in [6, 6.07) is 14.4. The Morgan fingerprint density at radius 3 is 2.42 bits per heavy atom. The standard InChI is InChI=1S/C16H15FN2/c1-11-7-15(17)9-16(8-11)19-12(2)14-5-3-13(10-18)4-6-14/h3-9,12,19H,1-2H3. The second kappa shape index (κ2) is 5.53. The van der Waals surface area contributed by atoms with Crippen molar-refractivity contribution in [3.05, 3.63) is 65.0 Å². The molecule has 0 aliphatic heterocycles. The Balaban J connectivity index is 2.15. The van der Waals surface area contributed by atoms with Crippen LogP contribution in [-0.2, 0) is 0 Å². The number of aryl methyl sites for hydroxylation is 1. The molecule has 2 nitrogen and oxygen atoms in total. The Morgan fingerprint density at radius 1 is 1.16 bits per heavy atom. The number of nitriles is 1. The molecule has 96 valence electrons. The van der Waals surface area contributed by atoms with Gasteiger partial charge in [0.15, 0.2) is 0 Å². The number of rotatable bonds is 3. The average Bonchev–Trinajstić information content (AvgIpc) is 2.37. The Morgan fingerprint density at radius 2 is 1.84 bits per heavy atom. The van der Waals surface area contributed by atoms with E-state index in [1.54, 1.807) is 12.1 Å². The third-order valence-electron chi connectivity index (χ3n) is 2.97. The molecule has 1 atom stereocenters. The van der Waals surface area contributed by atoms with E-state index < -0.39 is 0 Å². The van der Waals surface area contributed by atoms with Crippen molar-refractivity contribution in [1.29, 1.82) is 5.26 Å². The molecule has 2 aromatic carbocycles. The van der Waals surface area contributed by atoms with Gasteiger partial charge in [0.25, 0.3) is 0 Å². The van der Waals surface area contributed by atoms with Crippen molar-refractivity contribution < 1.29 is 4.39 Å². The lowest BCUT2D eigenvalue weighted by atomic mass is 10.1. The van der Waals surface area contributed by atoms with Crippen molar-refractivity contribution >= 4 is 5.69 Å². The van der Waals surface area contributed by atoms with Crippen LogP contribution in [0.2, 0.25) is 0 Å². The molecule has 2 rings (SSSR count). The average molecular weight is 254 g/mol. The molecule has 0 heterocycles. The van der Waals surface area contributed by atoms with Crippen molar-refractivity contribution in [3.8, 4) is 6.07 Å². The fraction of sp³-hybridized carbons (Fsp3) is 0.188. The normalized spacial score (nSPS) is 11.7. The van der Waals surface area contributed by atoms with Crippen LogP contribution in [0.3, 0.4) is 0 Å². The molecule has 0 radical (unpaired) electrons. The van der Waals surface area contributed by atoms with Gasteiger partial charge in [-0.05, 0) is 55.3 Å². The predicted molar refractivity (Wildman–Crippen MR) is 74.3 cm³/mol. The van der Waals surface area contributed by atoms with Gasteiger partial charge in [-0.2, -0.15) is 5.26 Å². The zero-order valence-corrected chi connectivity index (χ0v) is 10.9. The molecule has 3 heteroatoms. The van der Waals surface area contributed by atoms with E-state index in [9.17, 15) is 4.39 Å². The van der Waals surface area contributed by atoms with Crippen LogP contribution in [0.5, 0.6) is 0 Å². The first-order chi connectivity index (χ1) is 9.08. The third kappa shape index (κ3) is 3.32. The summed E-state index contributed by atoms with van der Waals surface area (Å²) in [6.07, 6.45) is 0. The molecule has 0 fully saturated rings. The van der Waals surface area contributed by atoms with Crippen LogP contribution in [0.25, 0.3) is 0 Å². The van der Waals surface area contributed by atoms with Crippen LogP contribution in [0.4, 0.5) is 10.1 Å². The lowest BCUT2D eigenvalue weighted by Gasteiger charge is -2.16. The van der Waals surface area contributed by atoms with Crippen LogP contribution < -0.4 is 5.32 Å². The number of nitrogens with one attached hydrogen (secondary N) is 1. The van der Waals surface area contributed by atoms with E-state index in [4.69, 9.17) is 5.26 Å². The SMILES string of the molecule is Cc1cc(F)cc(NC(C)c2ccc(C#N)cc2)c1. The van der Waals surface area contributed by atoms with E-state index in [-0.39, 0.29) is 11.9 Å². The molecule has 1 unspecified atom stereocenters. The lowest BCUT2D eigenvalue weighted by molar-refractivity contribution is 0.626. The summed E-state index contributed by atoms with van der Waals surface area (Å²) in [5.74, 6) is -0.241. The van der Waals surface area contributed by atoms with Gasteiger partial charge in [0.05, 0.1) is 11.6 Å². The monoisotopic (exact) mass is 254 g/mol. The molecule has 0 spiro atoms. The number of anilines is 1. The maximum absolute atomic E-state index is 13.3. The van der Waals surface area contributed by atoms with E-state index in [0.717, 1.165) is 16.8 Å². The molecule has 1 N–H and O–H groups in total. The van der Waals surface area contributed by atoms with Crippen molar-refractivity contribution in [2.24, 2.45) is 0 Å². The lowest BCUT2D eigenvalue weighted by Crippen LogP contribution is -2.07. The van der Waals surface area contributed by atoms with E-state index in [1.165, 1.54) is 12.1 Å². The summed E-state index contributed by atoms with van der Waals surface area (Å²) >= 11 is 0. The minimum Gasteiger partial charge on any atom is -0.378 e. The van der Waals surface area contributed by atoms with Gasteiger partial charge in [-0.1, -0.05) is 12.1 Å². The van der Waals surface area contributed by atoms with Crippen molar-refractivity contribution in [1.82, 2.24) is 0 Å². The van der Waals surface area contributed by atoms with E-state index in [1.807, 2.05) is 32.0 Å².